The molecule has 0 aliphatic carbocycles. The summed E-state index contributed by atoms with van der Waals surface area (Å²) in [5.41, 5.74) is 12.0. The van der Waals surface area contributed by atoms with Crippen LogP contribution in [0.15, 0.2) is 243 Å². The first kappa shape index (κ1) is 44.0. The van der Waals surface area contributed by atoms with Crippen molar-refractivity contribution in [3.05, 3.63) is 248 Å². The van der Waals surface area contributed by atoms with Crippen LogP contribution < -0.4 is 0 Å². The van der Waals surface area contributed by atoms with Crippen LogP contribution in [0.2, 0.25) is 0 Å². The molecule has 0 unspecified atom stereocenters. The monoisotopic (exact) mass is 972 g/mol. The number of nitriles is 1. The Morgan fingerprint density at radius 2 is 0.671 bits per heavy atom. The lowest BCUT2D eigenvalue weighted by atomic mass is 9.99. The Kier molecular flexibility index (Phi) is 10.6. The quantitative estimate of drug-likeness (QED) is 0.140. The Morgan fingerprint density at radius 1 is 0.303 bits per heavy atom. The van der Waals surface area contributed by atoms with Crippen LogP contribution in [0.1, 0.15) is 5.56 Å². The predicted octanol–water partition coefficient (Wildman–Crippen LogP) is 15.2. The average molecular weight is 973 g/mol. The minimum atomic E-state index is 0.539. The van der Waals surface area contributed by atoms with Gasteiger partial charge in [-0.05, 0) is 36.4 Å². The zero-order chi connectivity index (χ0) is 50.5. The molecule has 0 saturated carbocycles. The van der Waals surface area contributed by atoms with E-state index in [2.05, 4.69) is 106 Å². The Morgan fingerprint density at radius 3 is 1.13 bits per heavy atom. The minimum Gasteiger partial charge on any atom is -0.307 e. The summed E-state index contributed by atoms with van der Waals surface area (Å²) in [6.07, 6.45) is 1.94. The Bertz CT molecular complexity index is 4470. The second-order valence-electron chi connectivity index (χ2n) is 18.5. The molecular formula is C66H40N10. The summed E-state index contributed by atoms with van der Waals surface area (Å²) >= 11 is 0. The topological polar surface area (TPSA) is 124 Å². The largest absolute Gasteiger partial charge is 0.307 e. The van der Waals surface area contributed by atoms with Crippen LogP contribution in [-0.2, 0) is 0 Å². The van der Waals surface area contributed by atoms with Crippen molar-refractivity contribution in [3.63, 3.8) is 0 Å². The van der Waals surface area contributed by atoms with E-state index >= 15 is 0 Å². The van der Waals surface area contributed by atoms with Gasteiger partial charge in [0.25, 0.3) is 0 Å². The van der Waals surface area contributed by atoms with E-state index in [4.69, 9.17) is 34.9 Å². The van der Waals surface area contributed by atoms with Crippen molar-refractivity contribution in [2.24, 2.45) is 0 Å². The summed E-state index contributed by atoms with van der Waals surface area (Å²) in [4.78, 5) is 35.7. The molecule has 10 heteroatoms. The highest BCUT2D eigenvalue weighted by Crippen LogP contribution is 2.41. The van der Waals surface area contributed by atoms with Crippen molar-refractivity contribution in [1.29, 1.82) is 5.26 Å². The lowest BCUT2D eigenvalue weighted by molar-refractivity contribution is 1.05. The molecule has 0 bridgehead atoms. The van der Waals surface area contributed by atoms with E-state index in [-0.39, 0.29) is 0 Å². The standard InChI is InChI=1S/C66H40N10/c67-40-48-27-13-14-28-49(48)54-39-60(76-56-32-18-16-30-51(56)53-36-34-47(38-58(53)76)66-73-63(44-23-9-3-10-24-44)70-64(74-66)45-25-11-4-12-26-45)68-41-59(54)75-55-31-17-15-29-50(55)52-35-33-46(37-57(52)75)65-71-61(42-19-5-1-6-20-42)69-62(72-65)43-21-7-2-8-22-43/h1-39,41H. The number of nitrogens with zero attached hydrogens (tertiary/aromatic N) is 10. The maximum atomic E-state index is 10.8. The van der Waals surface area contributed by atoms with Crippen LogP contribution in [0.3, 0.4) is 0 Å². The van der Waals surface area contributed by atoms with Crippen LogP contribution in [0.5, 0.6) is 0 Å². The van der Waals surface area contributed by atoms with Crippen molar-refractivity contribution in [1.82, 2.24) is 44.0 Å². The number of para-hydroxylation sites is 2. The third-order valence-electron chi connectivity index (χ3n) is 13.9. The molecule has 0 amide bonds. The molecule has 0 aliphatic rings. The number of benzene rings is 9. The first-order chi connectivity index (χ1) is 37.6. The molecule has 10 nitrogen and oxygen atoms in total. The molecular weight excluding hydrogens is 933 g/mol. The van der Waals surface area contributed by atoms with E-state index in [0.717, 1.165) is 93.8 Å². The predicted molar refractivity (Wildman–Crippen MR) is 302 cm³/mol. The van der Waals surface area contributed by atoms with Gasteiger partial charge in [0.15, 0.2) is 34.9 Å². The Hall–Kier alpha value is -10.8. The highest BCUT2D eigenvalue weighted by Gasteiger charge is 2.23. The molecule has 0 spiro atoms. The summed E-state index contributed by atoms with van der Waals surface area (Å²) < 4.78 is 4.46. The molecule has 5 aromatic heterocycles. The van der Waals surface area contributed by atoms with Crippen molar-refractivity contribution < 1.29 is 0 Å². The fraction of sp³-hybridized carbons (Fsp3) is 0. The van der Waals surface area contributed by atoms with E-state index in [1.807, 2.05) is 152 Å². The lowest BCUT2D eigenvalue weighted by Gasteiger charge is -2.17. The average Bonchev–Trinajstić information content (AvgIpc) is 4.06. The van der Waals surface area contributed by atoms with Crippen LogP contribution in [-0.4, -0.2) is 44.0 Å². The molecule has 14 aromatic rings. The van der Waals surface area contributed by atoms with Gasteiger partial charge in [0, 0.05) is 66.1 Å². The molecule has 0 aliphatic heterocycles. The molecule has 9 aromatic carbocycles. The molecule has 0 fully saturated rings. The van der Waals surface area contributed by atoms with Gasteiger partial charge >= 0.3 is 0 Å². The SMILES string of the molecule is N#Cc1ccccc1-c1cc(-n2c3ccccc3c3ccc(-c4nc(-c5ccccc5)nc(-c5ccccc5)n4)cc32)ncc1-n1c2ccccc2c2ccc(-c3nc(-c4ccccc4)nc(-c4ccccc4)n3)cc21. The van der Waals surface area contributed by atoms with Crippen molar-refractivity contribution in [3.8, 4) is 97.0 Å². The van der Waals surface area contributed by atoms with Gasteiger partial charge in [0.1, 0.15) is 5.82 Å². The Labute approximate surface area is 436 Å². The minimum absolute atomic E-state index is 0.539. The molecule has 354 valence electrons. The van der Waals surface area contributed by atoms with E-state index in [0.29, 0.717) is 46.3 Å². The molecule has 0 saturated heterocycles. The summed E-state index contributed by atoms with van der Waals surface area (Å²) in [5.74, 6) is 4.11. The number of hydrogen-bond donors (Lipinski definition) is 0. The first-order valence-corrected chi connectivity index (χ1v) is 24.9. The van der Waals surface area contributed by atoms with Gasteiger partial charge in [-0.1, -0.05) is 200 Å². The molecule has 0 atom stereocenters. The molecule has 76 heavy (non-hydrogen) atoms. The van der Waals surface area contributed by atoms with Crippen molar-refractivity contribution >= 4 is 43.6 Å². The second kappa shape index (κ2) is 18.4. The number of hydrogen-bond acceptors (Lipinski definition) is 8. The maximum Gasteiger partial charge on any atom is 0.164 e. The molecule has 0 radical (unpaired) electrons. The smallest absolute Gasteiger partial charge is 0.164 e. The van der Waals surface area contributed by atoms with E-state index in [9.17, 15) is 5.26 Å². The highest BCUT2D eigenvalue weighted by molar-refractivity contribution is 6.12. The highest BCUT2D eigenvalue weighted by atomic mass is 15.1. The van der Waals surface area contributed by atoms with Gasteiger partial charge in [-0.3, -0.25) is 4.57 Å². The fourth-order valence-electron chi connectivity index (χ4n) is 10.4. The van der Waals surface area contributed by atoms with Gasteiger partial charge in [-0.25, -0.2) is 34.9 Å². The van der Waals surface area contributed by atoms with Crippen molar-refractivity contribution in [2.75, 3.05) is 0 Å². The van der Waals surface area contributed by atoms with Crippen LogP contribution in [0.4, 0.5) is 0 Å². The van der Waals surface area contributed by atoms with Crippen LogP contribution in [0.25, 0.3) is 135 Å². The summed E-state index contributed by atoms with van der Waals surface area (Å²) in [7, 11) is 0. The molecule has 0 N–H and O–H groups in total. The number of rotatable bonds is 9. The number of fused-ring (bicyclic) bond motifs is 6. The van der Waals surface area contributed by atoms with Gasteiger partial charge < -0.3 is 4.57 Å². The number of pyridine rings is 1. The van der Waals surface area contributed by atoms with E-state index in [1.165, 1.54) is 0 Å². The van der Waals surface area contributed by atoms with Gasteiger partial charge in [-0.15, -0.1) is 0 Å². The Balaban J connectivity index is 0.987. The number of aromatic nitrogens is 9. The first-order valence-electron chi connectivity index (χ1n) is 24.9. The van der Waals surface area contributed by atoms with Gasteiger partial charge in [-0.2, -0.15) is 5.26 Å². The molecule has 14 rings (SSSR count). The summed E-state index contributed by atoms with van der Waals surface area (Å²) in [6.45, 7) is 0. The zero-order valence-electron chi connectivity index (χ0n) is 40.6. The maximum absolute atomic E-state index is 10.8. The second-order valence-corrected chi connectivity index (χ2v) is 18.5. The third kappa shape index (κ3) is 7.63. The normalized spacial score (nSPS) is 11.4. The lowest BCUT2D eigenvalue weighted by Crippen LogP contribution is -2.04. The van der Waals surface area contributed by atoms with E-state index < -0.39 is 0 Å². The fourth-order valence-corrected chi connectivity index (χ4v) is 10.4. The summed E-state index contributed by atoms with van der Waals surface area (Å²) in [5, 5.41) is 15.0. The summed E-state index contributed by atoms with van der Waals surface area (Å²) in [6, 6.07) is 82.0. The van der Waals surface area contributed by atoms with Crippen LogP contribution >= 0.6 is 0 Å². The third-order valence-corrected chi connectivity index (χ3v) is 13.9. The van der Waals surface area contributed by atoms with Crippen LogP contribution in [0, 0.1) is 11.3 Å². The molecule has 5 heterocycles. The van der Waals surface area contributed by atoms with E-state index in [1.54, 1.807) is 0 Å². The van der Waals surface area contributed by atoms with Gasteiger partial charge in [0.05, 0.1) is 45.6 Å². The van der Waals surface area contributed by atoms with Gasteiger partial charge in [0.2, 0.25) is 0 Å². The zero-order valence-corrected chi connectivity index (χ0v) is 40.6. The van der Waals surface area contributed by atoms with Crippen molar-refractivity contribution in [2.45, 2.75) is 0 Å².